The molecule has 7 nitrogen and oxygen atoms in total. The Bertz CT molecular complexity index is 1160. The van der Waals surface area contributed by atoms with Gasteiger partial charge in [-0.1, -0.05) is 90.1 Å². The second kappa shape index (κ2) is 11.6. The topological polar surface area (TPSA) is 91.2 Å². The first-order chi connectivity index (χ1) is 17.0. The van der Waals surface area contributed by atoms with Crippen LogP contribution in [0.4, 0.5) is 0 Å². The predicted octanol–water partition coefficient (Wildman–Crippen LogP) is 3.34. The molecule has 1 saturated heterocycles. The summed E-state index contributed by atoms with van der Waals surface area (Å²) in [7, 11) is 1.49. The summed E-state index contributed by atoms with van der Waals surface area (Å²) in [5.41, 5.74) is 3.78. The molecule has 2 atom stereocenters. The molecule has 0 saturated carbocycles. The Balaban J connectivity index is 1.41. The maximum absolute atomic E-state index is 13.0. The number of nitrogens with zero attached hydrogens (tertiary/aromatic N) is 2. The van der Waals surface area contributed by atoms with Crippen LogP contribution in [0.25, 0.3) is 0 Å². The number of aliphatic hydroxyl groups excluding tert-OH is 1. The summed E-state index contributed by atoms with van der Waals surface area (Å²) in [4.78, 5) is 32.7. The minimum Gasteiger partial charge on any atom is -0.399 e. The van der Waals surface area contributed by atoms with E-state index in [0.717, 1.165) is 16.8 Å². The number of carbonyl (C=O) groups is 2. The molecule has 180 valence electrons. The number of aliphatic hydroxyl groups is 1. The molecule has 3 aromatic rings. The number of ketones is 1. The van der Waals surface area contributed by atoms with E-state index in [2.05, 4.69) is 10.5 Å². The van der Waals surface area contributed by atoms with Crippen molar-refractivity contribution in [2.75, 3.05) is 20.2 Å². The molecule has 0 unspecified atom stereocenters. The summed E-state index contributed by atoms with van der Waals surface area (Å²) >= 11 is 0. The summed E-state index contributed by atoms with van der Waals surface area (Å²) < 4.78 is 0. The van der Waals surface area contributed by atoms with Crippen molar-refractivity contribution in [2.24, 2.45) is 5.16 Å². The van der Waals surface area contributed by atoms with Crippen LogP contribution in [0.5, 0.6) is 0 Å². The molecule has 2 N–H and O–H groups in total. The molecule has 1 amide bonds. The fourth-order valence-electron chi connectivity index (χ4n) is 4.24. The van der Waals surface area contributed by atoms with Gasteiger partial charge in [0.05, 0.1) is 17.9 Å². The minimum absolute atomic E-state index is 0.0259. The van der Waals surface area contributed by atoms with Crippen molar-refractivity contribution in [3.63, 3.8) is 0 Å². The third kappa shape index (κ3) is 6.20. The smallest absolute Gasteiger partial charge is 0.237 e. The molecule has 0 bridgehead atoms. The Morgan fingerprint density at radius 3 is 2.29 bits per heavy atom. The van der Waals surface area contributed by atoms with Crippen molar-refractivity contribution in [1.82, 2.24) is 10.2 Å². The molecule has 0 radical (unpaired) electrons. The Hall–Kier alpha value is -3.81. The first kappa shape index (κ1) is 24.3. The van der Waals surface area contributed by atoms with Crippen molar-refractivity contribution >= 4 is 17.4 Å². The molecule has 4 rings (SSSR count). The second-order valence-corrected chi connectivity index (χ2v) is 8.53. The summed E-state index contributed by atoms with van der Waals surface area (Å²) in [6.45, 7) is 1.14. The Kier molecular flexibility index (Phi) is 8.03. The van der Waals surface area contributed by atoms with E-state index in [9.17, 15) is 14.7 Å². The van der Waals surface area contributed by atoms with Crippen LogP contribution in [0.15, 0.2) is 90.1 Å². The van der Waals surface area contributed by atoms with Gasteiger partial charge in [-0.05, 0) is 11.1 Å². The maximum atomic E-state index is 13.0. The van der Waals surface area contributed by atoms with Crippen molar-refractivity contribution in [3.8, 4) is 0 Å². The number of nitrogens with one attached hydrogen (secondary N) is 1. The van der Waals surface area contributed by atoms with E-state index in [0.29, 0.717) is 30.6 Å². The van der Waals surface area contributed by atoms with Gasteiger partial charge in [-0.15, -0.1) is 0 Å². The zero-order valence-corrected chi connectivity index (χ0v) is 19.6. The molecule has 1 aliphatic heterocycles. The highest BCUT2D eigenvalue weighted by Crippen LogP contribution is 2.21. The highest BCUT2D eigenvalue weighted by molar-refractivity contribution is 6.08. The summed E-state index contributed by atoms with van der Waals surface area (Å²) in [6.07, 6.45) is -0.331. The molecular formula is C28H29N3O4. The quantitative estimate of drug-likeness (QED) is 0.369. The zero-order valence-electron chi connectivity index (χ0n) is 19.6. The lowest BCUT2D eigenvalue weighted by atomic mass is 10.0. The van der Waals surface area contributed by atoms with Crippen LogP contribution in [-0.2, 0) is 16.2 Å². The van der Waals surface area contributed by atoms with Gasteiger partial charge in [-0.2, -0.15) is 0 Å². The van der Waals surface area contributed by atoms with E-state index in [-0.39, 0.29) is 18.2 Å². The lowest BCUT2D eigenvalue weighted by molar-refractivity contribution is -0.126. The Morgan fingerprint density at radius 2 is 1.63 bits per heavy atom. The number of oxime groups is 1. The average Bonchev–Trinajstić information content (AvgIpc) is 3.30. The Labute approximate surface area is 205 Å². The molecular weight excluding hydrogens is 442 g/mol. The molecule has 1 aliphatic rings. The van der Waals surface area contributed by atoms with Gasteiger partial charge in [-0.3, -0.25) is 14.5 Å². The number of hydrogen-bond acceptors (Lipinski definition) is 6. The highest BCUT2D eigenvalue weighted by atomic mass is 16.6. The monoisotopic (exact) mass is 471 g/mol. The van der Waals surface area contributed by atoms with Crippen LogP contribution in [-0.4, -0.2) is 53.6 Å². The normalized spacial score (nSPS) is 17.8. The lowest BCUT2D eigenvalue weighted by Crippen LogP contribution is -2.44. The van der Waals surface area contributed by atoms with Crippen LogP contribution >= 0.6 is 0 Å². The third-order valence-corrected chi connectivity index (χ3v) is 6.07. The molecule has 3 aromatic carbocycles. The van der Waals surface area contributed by atoms with Crippen LogP contribution in [0, 0.1) is 0 Å². The predicted molar refractivity (Wildman–Crippen MR) is 134 cm³/mol. The standard InChI is InChI=1S/C28H29N3O4/c1-35-30-24-16-25(28(34)29-17-26(32)21-8-4-2-5-9-21)31(19-24)18-20-12-14-23(15-13-20)27(33)22-10-6-3-7-11-22/h2-15,25-26,32H,16-19H2,1H3,(H,29,34)/b30-24+/t25-,26+/m0/s1. The van der Waals surface area contributed by atoms with Gasteiger partial charge in [-0.25, -0.2) is 0 Å². The molecule has 0 aromatic heterocycles. The van der Waals surface area contributed by atoms with E-state index in [1.54, 1.807) is 12.1 Å². The number of carbonyl (C=O) groups excluding carboxylic acids is 2. The summed E-state index contributed by atoms with van der Waals surface area (Å²) in [6, 6.07) is 25.4. The largest absolute Gasteiger partial charge is 0.399 e. The van der Waals surface area contributed by atoms with Crippen LogP contribution in [0.2, 0.25) is 0 Å². The molecule has 35 heavy (non-hydrogen) atoms. The van der Waals surface area contributed by atoms with Gasteiger partial charge < -0.3 is 15.3 Å². The fraction of sp³-hybridized carbons (Fsp3) is 0.250. The number of rotatable bonds is 9. The number of amides is 1. The van der Waals surface area contributed by atoms with E-state index < -0.39 is 12.1 Å². The number of likely N-dealkylation sites (tertiary alicyclic amines) is 1. The van der Waals surface area contributed by atoms with Gasteiger partial charge in [0.2, 0.25) is 5.91 Å². The molecule has 0 aliphatic carbocycles. The van der Waals surface area contributed by atoms with Gasteiger partial charge in [0.25, 0.3) is 0 Å². The van der Waals surface area contributed by atoms with Crippen molar-refractivity contribution in [2.45, 2.75) is 25.1 Å². The molecule has 1 heterocycles. The Morgan fingerprint density at radius 1 is 1.00 bits per heavy atom. The molecule has 1 fully saturated rings. The van der Waals surface area contributed by atoms with Gasteiger partial charge in [0.1, 0.15) is 7.11 Å². The van der Waals surface area contributed by atoms with Crippen LogP contribution in [0.3, 0.4) is 0 Å². The van der Waals surface area contributed by atoms with Crippen molar-refractivity contribution in [3.05, 3.63) is 107 Å². The first-order valence-corrected chi connectivity index (χ1v) is 11.6. The molecule has 7 heteroatoms. The first-order valence-electron chi connectivity index (χ1n) is 11.6. The SMILES string of the molecule is CO/N=C1\C[C@@H](C(=O)NC[C@@H](O)c2ccccc2)N(Cc2ccc(C(=O)c3ccccc3)cc2)C1. The molecule has 0 spiro atoms. The van der Waals surface area contributed by atoms with E-state index in [1.165, 1.54) is 7.11 Å². The second-order valence-electron chi connectivity index (χ2n) is 8.53. The highest BCUT2D eigenvalue weighted by Gasteiger charge is 2.35. The van der Waals surface area contributed by atoms with E-state index >= 15 is 0 Å². The summed E-state index contributed by atoms with van der Waals surface area (Å²) in [5.74, 6) is -0.195. The number of benzene rings is 3. The average molecular weight is 472 g/mol. The van der Waals surface area contributed by atoms with Gasteiger partial charge in [0, 0.05) is 37.2 Å². The number of hydrogen-bond donors (Lipinski definition) is 2. The van der Waals surface area contributed by atoms with Crippen LogP contribution < -0.4 is 5.32 Å². The van der Waals surface area contributed by atoms with Gasteiger partial charge >= 0.3 is 0 Å². The van der Waals surface area contributed by atoms with E-state index in [1.807, 2.05) is 77.7 Å². The zero-order chi connectivity index (χ0) is 24.6. The van der Waals surface area contributed by atoms with Crippen molar-refractivity contribution in [1.29, 1.82) is 0 Å². The minimum atomic E-state index is -0.781. The summed E-state index contributed by atoms with van der Waals surface area (Å²) in [5, 5.41) is 17.3. The fourth-order valence-corrected chi connectivity index (χ4v) is 4.24. The van der Waals surface area contributed by atoms with Crippen LogP contribution in [0.1, 0.15) is 39.6 Å². The van der Waals surface area contributed by atoms with Crippen molar-refractivity contribution < 1.29 is 19.5 Å². The third-order valence-electron chi connectivity index (χ3n) is 6.07. The van der Waals surface area contributed by atoms with Gasteiger partial charge in [0.15, 0.2) is 5.78 Å². The van der Waals surface area contributed by atoms with E-state index in [4.69, 9.17) is 4.84 Å². The maximum Gasteiger partial charge on any atom is 0.237 e. The lowest BCUT2D eigenvalue weighted by Gasteiger charge is -2.24.